The Morgan fingerprint density at radius 3 is 2.33 bits per heavy atom. The minimum Gasteiger partial charge on any atom is -0.444 e. The van der Waals surface area contributed by atoms with Crippen molar-refractivity contribution < 1.29 is 19.1 Å². The first kappa shape index (κ1) is 31.8. The van der Waals surface area contributed by atoms with Crippen LogP contribution in [-0.2, 0) is 14.3 Å². The SMILES string of the molecule is C#Cc1ccc(C(C(=O)Nc2ccccc2C)N(CCCC)C(=O)C(CCSC)NC(=O)OC(C)(C)C)cc1. The summed E-state index contributed by atoms with van der Waals surface area (Å²) in [6, 6.07) is 12.8. The Morgan fingerprint density at radius 2 is 1.77 bits per heavy atom. The number of nitrogens with one attached hydrogen (secondary N) is 2. The zero-order chi connectivity index (χ0) is 29.0. The number of carbonyl (C=O) groups excluding carboxylic acids is 3. The van der Waals surface area contributed by atoms with Crippen molar-refractivity contribution in [2.45, 2.75) is 71.6 Å². The molecule has 0 radical (unpaired) electrons. The Morgan fingerprint density at radius 1 is 1.10 bits per heavy atom. The van der Waals surface area contributed by atoms with Crippen molar-refractivity contribution in [3.05, 3.63) is 65.2 Å². The summed E-state index contributed by atoms with van der Waals surface area (Å²) in [6.07, 6.45) is 8.72. The van der Waals surface area contributed by atoms with Crippen LogP contribution in [0.15, 0.2) is 48.5 Å². The number of unbranched alkanes of at least 4 members (excludes halogenated alkanes) is 1. The topological polar surface area (TPSA) is 87.7 Å². The molecule has 3 amide bonds. The molecule has 8 heteroatoms. The molecular weight excluding hydrogens is 510 g/mol. The minimum absolute atomic E-state index is 0.337. The maximum Gasteiger partial charge on any atom is 0.408 e. The number of anilines is 1. The van der Waals surface area contributed by atoms with Crippen LogP contribution in [0.3, 0.4) is 0 Å². The average Bonchev–Trinajstić information content (AvgIpc) is 2.89. The molecule has 2 rings (SSSR count). The summed E-state index contributed by atoms with van der Waals surface area (Å²) < 4.78 is 5.44. The first-order valence-corrected chi connectivity index (χ1v) is 14.6. The van der Waals surface area contributed by atoms with Gasteiger partial charge in [0.25, 0.3) is 5.91 Å². The Bertz CT molecular complexity index is 1150. The lowest BCUT2D eigenvalue weighted by Crippen LogP contribution is -2.52. The number of benzene rings is 2. The third-order valence-corrected chi connectivity index (χ3v) is 6.64. The molecule has 0 aliphatic rings. The van der Waals surface area contributed by atoms with Crippen molar-refractivity contribution in [3.8, 4) is 12.3 Å². The Balaban J connectivity index is 2.53. The smallest absolute Gasteiger partial charge is 0.408 e. The molecule has 0 fully saturated rings. The molecule has 39 heavy (non-hydrogen) atoms. The zero-order valence-electron chi connectivity index (χ0n) is 23.9. The first-order valence-electron chi connectivity index (χ1n) is 13.2. The monoisotopic (exact) mass is 551 g/mol. The Kier molecular flexibility index (Phi) is 12.4. The molecule has 0 heterocycles. The van der Waals surface area contributed by atoms with Crippen LogP contribution in [0.2, 0.25) is 0 Å². The summed E-state index contributed by atoms with van der Waals surface area (Å²) in [6.45, 7) is 9.58. The van der Waals surface area contributed by atoms with Gasteiger partial charge >= 0.3 is 6.09 Å². The van der Waals surface area contributed by atoms with Gasteiger partial charge in [-0.2, -0.15) is 11.8 Å². The molecule has 2 aromatic carbocycles. The first-order chi connectivity index (χ1) is 18.5. The highest BCUT2D eigenvalue weighted by molar-refractivity contribution is 7.98. The number of hydrogen-bond acceptors (Lipinski definition) is 5. The fourth-order valence-corrected chi connectivity index (χ4v) is 4.46. The summed E-state index contributed by atoms with van der Waals surface area (Å²) in [5.41, 5.74) is 2.16. The van der Waals surface area contributed by atoms with Crippen molar-refractivity contribution in [3.63, 3.8) is 0 Å². The van der Waals surface area contributed by atoms with Gasteiger partial charge in [-0.1, -0.05) is 49.6 Å². The number of hydrogen-bond donors (Lipinski definition) is 2. The standard InChI is InChI=1S/C31H41N3O4S/c1-8-10-20-34(29(36)26(19-21-39-7)33-30(37)38-31(4,5)6)27(24-17-15-23(9-2)16-18-24)28(35)32-25-14-12-11-13-22(25)3/h2,11-18,26-27H,8,10,19-21H2,1,3-7H3,(H,32,35)(H,33,37). The predicted molar refractivity (Wildman–Crippen MR) is 160 cm³/mol. The normalized spacial score (nSPS) is 12.5. The number of terminal acetylenes is 1. The molecular formula is C31H41N3O4S. The third kappa shape index (κ3) is 9.99. The highest BCUT2D eigenvalue weighted by Gasteiger charge is 2.36. The number of para-hydroxylation sites is 1. The van der Waals surface area contributed by atoms with Crippen molar-refractivity contribution >= 4 is 35.4 Å². The lowest BCUT2D eigenvalue weighted by atomic mass is 10.00. The van der Waals surface area contributed by atoms with Gasteiger partial charge < -0.3 is 20.3 Å². The van der Waals surface area contributed by atoms with E-state index in [-0.39, 0.29) is 11.8 Å². The fourth-order valence-electron chi connectivity index (χ4n) is 3.99. The molecule has 0 spiro atoms. The van der Waals surface area contributed by atoms with Gasteiger partial charge in [0.05, 0.1) is 0 Å². The number of thioether (sulfide) groups is 1. The molecule has 0 saturated carbocycles. The Hall–Kier alpha value is -3.44. The number of ether oxygens (including phenoxy) is 1. The van der Waals surface area contributed by atoms with E-state index in [1.54, 1.807) is 61.7 Å². The van der Waals surface area contributed by atoms with E-state index in [1.807, 2.05) is 44.4 Å². The van der Waals surface area contributed by atoms with Gasteiger partial charge in [-0.15, -0.1) is 6.42 Å². The largest absolute Gasteiger partial charge is 0.444 e. The van der Waals surface area contributed by atoms with Crippen LogP contribution < -0.4 is 10.6 Å². The number of alkyl carbamates (subject to hydrolysis) is 1. The average molecular weight is 552 g/mol. The van der Waals surface area contributed by atoms with Crippen molar-refractivity contribution in [2.24, 2.45) is 0 Å². The lowest BCUT2D eigenvalue weighted by Gasteiger charge is -2.34. The van der Waals surface area contributed by atoms with Gasteiger partial charge in [0, 0.05) is 17.8 Å². The van der Waals surface area contributed by atoms with E-state index in [1.165, 1.54) is 0 Å². The molecule has 0 aliphatic heterocycles. The van der Waals surface area contributed by atoms with E-state index in [9.17, 15) is 14.4 Å². The van der Waals surface area contributed by atoms with Crippen LogP contribution in [0, 0.1) is 19.3 Å². The number of aryl methyl sites for hydroxylation is 1. The molecule has 2 unspecified atom stereocenters. The molecule has 0 bridgehead atoms. The van der Waals surface area contributed by atoms with Crippen LogP contribution in [0.5, 0.6) is 0 Å². The van der Waals surface area contributed by atoms with E-state index < -0.39 is 23.8 Å². The highest BCUT2D eigenvalue weighted by Crippen LogP contribution is 2.27. The molecule has 0 aromatic heterocycles. The maximum absolute atomic E-state index is 14.2. The summed E-state index contributed by atoms with van der Waals surface area (Å²) in [5, 5.41) is 5.78. The van der Waals surface area contributed by atoms with Crippen LogP contribution >= 0.6 is 11.8 Å². The zero-order valence-corrected chi connectivity index (χ0v) is 24.7. The second-order valence-corrected chi connectivity index (χ2v) is 11.3. The van der Waals surface area contributed by atoms with Gasteiger partial charge in [0.2, 0.25) is 5.91 Å². The maximum atomic E-state index is 14.2. The molecule has 210 valence electrons. The van der Waals surface area contributed by atoms with Crippen LogP contribution in [0.25, 0.3) is 0 Å². The van der Waals surface area contributed by atoms with Gasteiger partial charge in [-0.25, -0.2) is 4.79 Å². The summed E-state index contributed by atoms with van der Waals surface area (Å²) in [7, 11) is 0. The highest BCUT2D eigenvalue weighted by atomic mass is 32.2. The third-order valence-electron chi connectivity index (χ3n) is 5.99. The number of carbonyl (C=O) groups is 3. The van der Waals surface area contributed by atoms with Crippen molar-refractivity contribution in [1.29, 1.82) is 0 Å². The van der Waals surface area contributed by atoms with Gasteiger partial charge in [0.15, 0.2) is 0 Å². The number of amides is 3. The van der Waals surface area contributed by atoms with E-state index in [2.05, 4.69) is 16.6 Å². The van der Waals surface area contributed by atoms with E-state index in [0.29, 0.717) is 42.0 Å². The summed E-state index contributed by atoms with van der Waals surface area (Å²) in [4.78, 5) is 42.3. The van der Waals surface area contributed by atoms with Crippen LogP contribution in [0.1, 0.15) is 69.7 Å². The molecule has 2 atom stereocenters. The van der Waals surface area contributed by atoms with E-state index in [0.717, 1.165) is 12.0 Å². The van der Waals surface area contributed by atoms with E-state index >= 15 is 0 Å². The molecule has 2 N–H and O–H groups in total. The van der Waals surface area contributed by atoms with Gasteiger partial charge in [0.1, 0.15) is 17.7 Å². The molecule has 0 saturated heterocycles. The number of nitrogens with zero attached hydrogens (tertiary/aromatic N) is 1. The van der Waals surface area contributed by atoms with Gasteiger partial charge in [-0.3, -0.25) is 9.59 Å². The summed E-state index contributed by atoms with van der Waals surface area (Å²) >= 11 is 1.57. The van der Waals surface area contributed by atoms with E-state index in [4.69, 9.17) is 11.2 Å². The minimum atomic E-state index is -0.937. The predicted octanol–water partition coefficient (Wildman–Crippen LogP) is 5.93. The van der Waals surface area contributed by atoms with Crippen molar-refractivity contribution in [2.75, 3.05) is 23.9 Å². The molecule has 0 aliphatic carbocycles. The second-order valence-electron chi connectivity index (χ2n) is 10.3. The van der Waals surface area contributed by atoms with Crippen LogP contribution in [0.4, 0.5) is 10.5 Å². The number of rotatable bonds is 12. The van der Waals surface area contributed by atoms with Crippen LogP contribution in [-0.4, -0.2) is 53.0 Å². The lowest BCUT2D eigenvalue weighted by molar-refractivity contribution is -0.141. The Labute approximate surface area is 237 Å². The molecule has 2 aromatic rings. The quantitative estimate of drug-likeness (QED) is 0.319. The molecule has 7 nitrogen and oxygen atoms in total. The summed E-state index contributed by atoms with van der Waals surface area (Å²) in [5.74, 6) is 2.55. The van der Waals surface area contributed by atoms with Gasteiger partial charge in [-0.05, 0) is 81.9 Å². The fraction of sp³-hybridized carbons (Fsp3) is 0.452. The van der Waals surface area contributed by atoms with Crippen molar-refractivity contribution in [1.82, 2.24) is 10.2 Å². The second kappa shape index (κ2) is 15.2.